The van der Waals surface area contributed by atoms with Crippen LogP contribution in [0.2, 0.25) is 0 Å². The predicted molar refractivity (Wildman–Crippen MR) is 37.6 cm³/mol. The van der Waals surface area contributed by atoms with Crippen molar-refractivity contribution in [3.05, 3.63) is 0 Å². The fourth-order valence-corrected chi connectivity index (χ4v) is 0.533. The molecule has 0 saturated heterocycles. The number of rotatable bonds is 3. The summed E-state index contributed by atoms with van der Waals surface area (Å²) in [7, 11) is 0. The van der Waals surface area contributed by atoms with Crippen molar-refractivity contribution in [2.24, 2.45) is 10.2 Å². The Bertz CT molecular complexity index is 94.7. The molecule has 0 aliphatic heterocycles. The van der Waals surface area contributed by atoms with Crippen LogP contribution in [0.1, 0.15) is 26.7 Å². The maximum Gasteiger partial charge on any atom is 0.0374 e. The molecule has 2 nitrogen and oxygen atoms in total. The Kier molecular flexibility index (Phi) is 4.13. The first-order chi connectivity index (χ1) is 3.81. The van der Waals surface area contributed by atoms with Gasteiger partial charge >= 0.3 is 0 Å². The van der Waals surface area contributed by atoms with Gasteiger partial charge < -0.3 is 0 Å². The fraction of sp³-hybridized carbons (Fsp3) is 0.667. The molecule has 0 atom stereocenters. The molecule has 0 radical (unpaired) electrons. The van der Waals surface area contributed by atoms with Crippen LogP contribution in [0.4, 0.5) is 0 Å². The minimum atomic E-state index is 1.03. The molecule has 0 rings (SSSR count). The maximum atomic E-state index is 3.74. The average Bonchev–Trinajstić information content (AvgIpc) is 1.68. The van der Waals surface area contributed by atoms with Crippen LogP contribution in [0.15, 0.2) is 10.2 Å². The van der Waals surface area contributed by atoms with Crippen LogP contribution in [0.5, 0.6) is 0 Å². The molecule has 0 unspecified atom stereocenters. The van der Waals surface area contributed by atoms with E-state index in [1.54, 1.807) is 0 Å². The van der Waals surface area contributed by atoms with Gasteiger partial charge in [0.2, 0.25) is 0 Å². The molecular weight excluding hydrogens is 100 g/mol. The highest BCUT2D eigenvalue weighted by Gasteiger charge is 1.84. The molecule has 8 heavy (non-hydrogen) atoms. The summed E-state index contributed by atoms with van der Waals surface area (Å²) < 4.78 is 0. The molecule has 0 spiro atoms. The zero-order valence-electron chi connectivity index (χ0n) is 5.52. The van der Waals surface area contributed by atoms with Crippen molar-refractivity contribution in [3.63, 3.8) is 0 Å². The van der Waals surface area contributed by atoms with Crippen LogP contribution in [0.25, 0.3) is 0 Å². The van der Waals surface area contributed by atoms with Gasteiger partial charge in [-0.25, -0.2) is 0 Å². The molecule has 2 heteroatoms. The third-order valence-electron chi connectivity index (χ3n) is 0.853. The van der Waals surface area contributed by atoms with Gasteiger partial charge in [-0.2, -0.15) is 10.2 Å². The summed E-state index contributed by atoms with van der Waals surface area (Å²) >= 11 is 0. The molecule has 0 aromatic carbocycles. The SMILES string of the molecule is C=N/N=C(\C)CCC. The van der Waals surface area contributed by atoms with Gasteiger partial charge in [-0.15, -0.1) is 0 Å². The van der Waals surface area contributed by atoms with Crippen molar-refractivity contribution in [2.75, 3.05) is 0 Å². The van der Waals surface area contributed by atoms with E-state index < -0.39 is 0 Å². The highest BCUT2D eigenvalue weighted by atomic mass is 15.2. The van der Waals surface area contributed by atoms with E-state index in [2.05, 4.69) is 23.8 Å². The molecule has 0 N–H and O–H groups in total. The second-order valence-electron chi connectivity index (χ2n) is 1.73. The van der Waals surface area contributed by atoms with E-state index in [0.29, 0.717) is 0 Å². The van der Waals surface area contributed by atoms with E-state index in [9.17, 15) is 0 Å². The van der Waals surface area contributed by atoms with E-state index in [4.69, 9.17) is 0 Å². The summed E-state index contributed by atoms with van der Waals surface area (Å²) in [5, 5.41) is 7.14. The summed E-state index contributed by atoms with van der Waals surface area (Å²) in [6.45, 7) is 7.32. The highest BCUT2D eigenvalue weighted by Crippen LogP contribution is 1.90. The van der Waals surface area contributed by atoms with E-state index in [1.165, 1.54) is 0 Å². The minimum Gasteiger partial charge on any atom is -0.167 e. The van der Waals surface area contributed by atoms with E-state index in [-0.39, 0.29) is 0 Å². The first kappa shape index (κ1) is 7.34. The summed E-state index contributed by atoms with van der Waals surface area (Å²) in [5.41, 5.74) is 1.06. The Balaban J connectivity index is 3.44. The van der Waals surface area contributed by atoms with E-state index in [0.717, 1.165) is 18.6 Å². The van der Waals surface area contributed by atoms with Crippen molar-refractivity contribution < 1.29 is 0 Å². The fourth-order valence-electron chi connectivity index (χ4n) is 0.533. The lowest BCUT2D eigenvalue weighted by atomic mass is 10.2. The zero-order chi connectivity index (χ0) is 6.41. The lowest BCUT2D eigenvalue weighted by Crippen LogP contribution is -1.86. The van der Waals surface area contributed by atoms with Crippen LogP contribution < -0.4 is 0 Å². The van der Waals surface area contributed by atoms with Gasteiger partial charge in [0, 0.05) is 12.4 Å². The number of hydrogen-bond donors (Lipinski definition) is 0. The molecule has 0 heterocycles. The standard InChI is InChI=1S/C6H12N2/c1-4-5-6(2)8-7-3/h3-5H2,1-2H3/b8-6+. The number of nitrogens with zero attached hydrogens (tertiary/aromatic N) is 2. The Morgan fingerprint density at radius 2 is 2.25 bits per heavy atom. The van der Waals surface area contributed by atoms with Gasteiger partial charge in [0.15, 0.2) is 0 Å². The second kappa shape index (κ2) is 4.50. The van der Waals surface area contributed by atoms with Crippen molar-refractivity contribution in [1.29, 1.82) is 0 Å². The molecule has 0 fully saturated rings. The van der Waals surface area contributed by atoms with E-state index >= 15 is 0 Å². The number of hydrogen-bond acceptors (Lipinski definition) is 2. The smallest absolute Gasteiger partial charge is 0.0374 e. The monoisotopic (exact) mass is 112 g/mol. The van der Waals surface area contributed by atoms with Crippen LogP contribution in [0.3, 0.4) is 0 Å². The van der Waals surface area contributed by atoms with Gasteiger partial charge in [0.1, 0.15) is 0 Å². The maximum absolute atomic E-state index is 3.74. The Morgan fingerprint density at radius 3 is 2.62 bits per heavy atom. The molecule has 0 amide bonds. The van der Waals surface area contributed by atoms with Crippen LogP contribution in [-0.4, -0.2) is 12.4 Å². The summed E-state index contributed by atoms with van der Waals surface area (Å²) in [6.07, 6.45) is 2.16. The second-order valence-corrected chi connectivity index (χ2v) is 1.73. The molecule has 0 saturated carbocycles. The van der Waals surface area contributed by atoms with Crippen molar-refractivity contribution >= 4 is 12.4 Å². The topological polar surface area (TPSA) is 24.7 Å². The average molecular weight is 112 g/mol. The van der Waals surface area contributed by atoms with Crippen LogP contribution in [0, 0.1) is 0 Å². The zero-order valence-corrected chi connectivity index (χ0v) is 5.52. The quantitative estimate of drug-likeness (QED) is 0.393. The molecule has 0 aliphatic carbocycles. The third kappa shape index (κ3) is 3.53. The Hall–Kier alpha value is -0.660. The van der Waals surface area contributed by atoms with E-state index in [1.807, 2.05) is 6.92 Å². The van der Waals surface area contributed by atoms with Crippen molar-refractivity contribution in [1.82, 2.24) is 0 Å². The van der Waals surface area contributed by atoms with Gasteiger partial charge in [-0.1, -0.05) is 13.3 Å². The summed E-state index contributed by atoms with van der Waals surface area (Å²) in [6, 6.07) is 0. The summed E-state index contributed by atoms with van der Waals surface area (Å²) in [5.74, 6) is 0. The Morgan fingerprint density at radius 1 is 1.62 bits per heavy atom. The third-order valence-corrected chi connectivity index (χ3v) is 0.853. The molecule has 0 bridgehead atoms. The summed E-state index contributed by atoms with van der Waals surface area (Å²) in [4.78, 5) is 0. The molecule has 0 aromatic heterocycles. The highest BCUT2D eigenvalue weighted by molar-refractivity contribution is 5.81. The molecule has 46 valence electrons. The van der Waals surface area contributed by atoms with Crippen LogP contribution >= 0.6 is 0 Å². The van der Waals surface area contributed by atoms with Crippen molar-refractivity contribution in [3.8, 4) is 0 Å². The van der Waals surface area contributed by atoms with Gasteiger partial charge in [-0.05, 0) is 13.3 Å². The lowest BCUT2D eigenvalue weighted by molar-refractivity contribution is 0.978. The molecule has 0 aromatic rings. The van der Waals surface area contributed by atoms with Gasteiger partial charge in [-0.3, -0.25) is 0 Å². The first-order valence-electron chi connectivity index (χ1n) is 2.80. The molecular formula is C6H12N2. The van der Waals surface area contributed by atoms with Gasteiger partial charge in [0.25, 0.3) is 0 Å². The normalized spacial score (nSPS) is 11.5. The molecule has 0 aliphatic rings. The largest absolute Gasteiger partial charge is 0.167 e. The van der Waals surface area contributed by atoms with Crippen LogP contribution in [-0.2, 0) is 0 Å². The lowest BCUT2D eigenvalue weighted by Gasteiger charge is -1.89. The van der Waals surface area contributed by atoms with Crippen molar-refractivity contribution in [2.45, 2.75) is 26.7 Å². The Labute approximate surface area is 50.3 Å². The minimum absolute atomic E-state index is 1.03. The van der Waals surface area contributed by atoms with Gasteiger partial charge in [0.05, 0.1) is 0 Å². The predicted octanol–water partition coefficient (Wildman–Crippen LogP) is 1.86. The first-order valence-corrected chi connectivity index (χ1v) is 2.80.